The molecule has 1 aliphatic rings. The summed E-state index contributed by atoms with van der Waals surface area (Å²) in [5, 5.41) is 7.13. The van der Waals surface area contributed by atoms with Gasteiger partial charge < -0.3 is 5.73 Å². The van der Waals surface area contributed by atoms with Crippen molar-refractivity contribution in [1.29, 1.82) is 0 Å². The Morgan fingerprint density at radius 2 is 2.29 bits per heavy atom. The zero-order valence-electron chi connectivity index (χ0n) is 8.83. The van der Waals surface area contributed by atoms with Gasteiger partial charge in [-0.05, 0) is 32.1 Å². The van der Waals surface area contributed by atoms with E-state index >= 15 is 0 Å². The zero-order chi connectivity index (χ0) is 10.1. The maximum absolute atomic E-state index is 5.71. The second kappa shape index (κ2) is 3.69. The van der Waals surface area contributed by atoms with Crippen molar-refractivity contribution in [1.82, 2.24) is 15.2 Å². The van der Waals surface area contributed by atoms with Gasteiger partial charge in [0.1, 0.15) is 5.82 Å². The highest BCUT2D eigenvalue weighted by molar-refractivity contribution is 5.02. The SMILES string of the molecule is CC1CCC(c2nc(C(C)N)n[nH]2)C1. The van der Waals surface area contributed by atoms with E-state index < -0.39 is 0 Å². The first-order valence-electron chi connectivity index (χ1n) is 5.34. The first-order valence-corrected chi connectivity index (χ1v) is 5.34. The topological polar surface area (TPSA) is 67.6 Å². The van der Waals surface area contributed by atoms with Gasteiger partial charge in [0.2, 0.25) is 0 Å². The van der Waals surface area contributed by atoms with Gasteiger partial charge in [-0.15, -0.1) is 0 Å². The number of aromatic amines is 1. The lowest BCUT2D eigenvalue weighted by molar-refractivity contribution is 0.586. The lowest BCUT2D eigenvalue weighted by Gasteiger charge is -2.03. The molecule has 1 aromatic rings. The summed E-state index contributed by atoms with van der Waals surface area (Å²) in [6, 6.07) is -0.0705. The number of H-pyrrole nitrogens is 1. The highest BCUT2D eigenvalue weighted by atomic mass is 15.2. The van der Waals surface area contributed by atoms with E-state index in [0.29, 0.717) is 5.92 Å². The van der Waals surface area contributed by atoms with Crippen LogP contribution in [0.2, 0.25) is 0 Å². The Bertz CT molecular complexity index is 305. The lowest BCUT2D eigenvalue weighted by Crippen LogP contribution is -2.07. The third-order valence-electron chi connectivity index (χ3n) is 3.01. The molecule has 0 saturated heterocycles. The molecule has 0 amide bonds. The Balaban J connectivity index is 2.09. The van der Waals surface area contributed by atoms with E-state index in [-0.39, 0.29) is 6.04 Å². The molecule has 4 heteroatoms. The molecule has 0 spiro atoms. The first kappa shape index (κ1) is 9.65. The van der Waals surface area contributed by atoms with Crippen molar-refractivity contribution < 1.29 is 0 Å². The largest absolute Gasteiger partial charge is 0.321 e. The van der Waals surface area contributed by atoms with Gasteiger partial charge in [0.05, 0.1) is 6.04 Å². The summed E-state index contributed by atoms with van der Waals surface area (Å²) in [4.78, 5) is 4.43. The van der Waals surface area contributed by atoms with Crippen LogP contribution in [0.1, 0.15) is 56.7 Å². The summed E-state index contributed by atoms with van der Waals surface area (Å²) in [5.41, 5.74) is 5.71. The van der Waals surface area contributed by atoms with Crippen molar-refractivity contribution in [2.45, 2.75) is 45.1 Å². The maximum atomic E-state index is 5.71. The number of rotatable bonds is 2. The van der Waals surface area contributed by atoms with Gasteiger partial charge in [0, 0.05) is 5.92 Å². The molecule has 0 bridgehead atoms. The lowest BCUT2D eigenvalue weighted by atomic mass is 10.1. The summed E-state index contributed by atoms with van der Waals surface area (Å²) in [6.07, 6.45) is 3.77. The van der Waals surface area contributed by atoms with E-state index in [9.17, 15) is 0 Å². The number of nitrogens with zero attached hydrogens (tertiary/aromatic N) is 2. The highest BCUT2D eigenvalue weighted by Crippen LogP contribution is 2.36. The fraction of sp³-hybridized carbons (Fsp3) is 0.800. The fourth-order valence-corrected chi connectivity index (χ4v) is 2.13. The van der Waals surface area contributed by atoms with Crippen LogP contribution < -0.4 is 5.73 Å². The van der Waals surface area contributed by atoms with Crippen LogP contribution in [0.15, 0.2) is 0 Å². The average molecular weight is 194 g/mol. The van der Waals surface area contributed by atoms with Gasteiger partial charge in [0.25, 0.3) is 0 Å². The highest BCUT2D eigenvalue weighted by Gasteiger charge is 2.25. The van der Waals surface area contributed by atoms with Gasteiger partial charge in [0.15, 0.2) is 5.82 Å². The van der Waals surface area contributed by atoms with E-state index in [4.69, 9.17) is 5.73 Å². The molecule has 78 valence electrons. The van der Waals surface area contributed by atoms with Crippen molar-refractivity contribution in [2.75, 3.05) is 0 Å². The molecule has 14 heavy (non-hydrogen) atoms. The van der Waals surface area contributed by atoms with E-state index in [0.717, 1.165) is 17.6 Å². The molecule has 0 aliphatic heterocycles. The van der Waals surface area contributed by atoms with Gasteiger partial charge in [-0.25, -0.2) is 4.98 Å². The number of hydrogen-bond donors (Lipinski definition) is 2. The molecule has 3 unspecified atom stereocenters. The fourth-order valence-electron chi connectivity index (χ4n) is 2.13. The monoisotopic (exact) mass is 194 g/mol. The summed E-state index contributed by atoms with van der Waals surface area (Å²) < 4.78 is 0. The summed E-state index contributed by atoms with van der Waals surface area (Å²) in [7, 11) is 0. The van der Waals surface area contributed by atoms with Crippen LogP contribution in [0.4, 0.5) is 0 Å². The van der Waals surface area contributed by atoms with Crippen molar-refractivity contribution in [3.8, 4) is 0 Å². The van der Waals surface area contributed by atoms with Gasteiger partial charge in [-0.1, -0.05) is 6.92 Å². The molecule has 3 N–H and O–H groups in total. The number of hydrogen-bond acceptors (Lipinski definition) is 3. The Hall–Kier alpha value is -0.900. The Labute approximate surface area is 84.3 Å². The van der Waals surface area contributed by atoms with Crippen LogP contribution in [0.5, 0.6) is 0 Å². The molecular weight excluding hydrogens is 176 g/mol. The minimum absolute atomic E-state index is 0.0705. The van der Waals surface area contributed by atoms with E-state index in [2.05, 4.69) is 22.1 Å². The first-order chi connectivity index (χ1) is 6.66. The Morgan fingerprint density at radius 3 is 2.79 bits per heavy atom. The predicted molar refractivity (Wildman–Crippen MR) is 54.7 cm³/mol. The van der Waals surface area contributed by atoms with Gasteiger partial charge in [-0.2, -0.15) is 5.10 Å². The summed E-state index contributed by atoms with van der Waals surface area (Å²) in [6.45, 7) is 4.20. The third kappa shape index (κ3) is 1.80. The van der Waals surface area contributed by atoms with Gasteiger partial charge in [-0.3, -0.25) is 5.10 Å². The van der Waals surface area contributed by atoms with Crippen molar-refractivity contribution in [2.24, 2.45) is 11.7 Å². The van der Waals surface area contributed by atoms with Crippen molar-refractivity contribution >= 4 is 0 Å². The summed E-state index contributed by atoms with van der Waals surface area (Å²) >= 11 is 0. The molecule has 1 aromatic heterocycles. The van der Waals surface area contributed by atoms with Crippen molar-refractivity contribution in [3.63, 3.8) is 0 Å². The molecule has 0 radical (unpaired) electrons. The minimum atomic E-state index is -0.0705. The predicted octanol–water partition coefficient (Wildman–Crippen LogP) is 1.73. The van der Waals surface area contributed by atoms with Crippen molar-refractivity contribution in [3.05, 3.63) is 11.6 Å². The Morgan fingerprint density at radius 1 is 1.50 bits per heavy atom. The number of nitrogens with two attached hydrogens (primary N) is 1. The van der Waals surface area contributed by atoms with Gasteiger partial charge >= 0.3 is 0 Å². The van der Waals surface area contributed by atoms with Crippen LogP contribution in [0.25, 0.3) is 0 Å². The maximum Gasteiger partial charge on any atom is 0.167 e. The minimum Gasteiger partial charge on any atom is -0.321 e. The number of aromatic nitrogens is 3. The molecule has 1 aliphatic carbocycles. The molecule has 4 nitrogen and oxygen atoms in total. The van der Waals surface area contributed by atoms with E-state index in [1.807, 2.05) is 6.92 Å². The average Bonchev–Trinajstić information content (AvgIpc) is 2.70. The second-order valence-corrected chi connectivity index (χ2v) is 4.48. The number of nitrogens with one attached hydrogen (secondary N) is 1. The standard InChI is InChI=1S/C10H18N4/c1-6-3-4-8(5-6)10-12-9(7(2)11)13-14-10/h6-8H,3-5,11H2,1-2H3,(H,12,13,14). The van der Waals surface area contributed by atoms with Crippen LogP contribution >= 0.6 is 0 Å². The molecule has 1 saturated carbocycles. The van der Waals surface area contributed by atoms with Crippen LogP contribution in [-0.2, 0) is 0 Å². The normalized spacial score (nSPS) is 29.4. The molecule has 1 heterocycles. The van der Waals surface area contributed by atoms with E-state index in [1.165, 1.54) is 19.3 Å². The zero-order valence-corrected chi connectivity index (χ0v) is 8.83. The third-order valence-corrected chi connectivity index (χ3v) is 3.01. The van der Waals surface area contributed by atoms with E-state index in [1.54, 1.807) is 0 Å². The Kier molecular flexibility index (Phi) is 2.54. The summed E-state index contributed by atoms with van der Waals surface area (Å²) in [5.74, 6) is 3.16. The van der Waals surface area contributed by atoms with Crippen LogP contribution in [0.3, 0.4) is 0 Å². The molecule has 3 atom stereocenters. The molecule has 1 fully saturated rings. The smallest absolute Gasteiger partial charge is 0.167 e. The van der Waals surface area contributed by atoms with Crippen LogP contribution in [0, 0.1) is 5.92 Å². The van der Waals surface area contributed by atoms with Crippen LogP contribution in [-0.4, -0.2) is 15.2 Å². The quantitative estimate of drug-likeness (QED) is 0.753. The molecule has 2 rings (SSSR count). The second-order valence-electron chi connectivity index (χ2n) is 4.48. The molecular formula is C10H18N4. The molecule has 0 aromatic carbocycles.